The summed E-state index contributed by atoms with van der Waals surface area (Å²) in [4.78, 5) is 25.9. The highest BCUT2D eigenvalue weighted by molar-refractivity contribution is 6.30. The number of carbonyl (C=O) groups excluding carboxylic acids is 2. The Morgan fingerprint density at radius 2 is 1.74 bits per heavy atom. The molecule has 0 fully saturated rings. The number of nitrogens with zero attached hydrogens (tertiary/aromatic N) is 1. The average Bonchev–Trinajstić information content (AvgIpc) is 2.80. The third-order valence-corrected chi connectivity index (χ3v) is 4.12. The molecule has 116 valence electrons. The predicted molar refractivity (Wildman–Crippen MR) is 83.2 cm³/mol. The third kappa shape index (κ3) is 2.33. The van der Waals surface area contributed by atoms with Crippen LogP contribution in [0.4, 0.5) is 0 Å². The van der Waals surface area contributed by atoms with Crippen LogP contribution in [0.3, 0.4) is 0 Å². The molecule has 2 aliphatic heterocycles. The molecular formula is C17H12ClNO4. The molecule has 0 saturated carbocycles. The Hall–Kier alpha value is -2.53. The maximum atomic E-state index is 12.4. The Bertz CT molecular complexity index is 785. The molecule has 4 rings (SSSR count). The summed E-state index contributed by atoms with van der Waals surface area (Å²) in [5, 5.41) is 0.536. The number of imide groups is 1. The van der Waals surface area contributed by atoms with Crippen LogP contribution in [0.1, 0.15) is 20.7 Å². The maximum Gasteiger partial charge on any atom is 0.261 e. The molecule has 0 spiro atoms. The fourth-order valence-corrected chi connectivity index (χ4v) is 2.95. The second-order valence-electron chi connectivity index (χ2n) is 5.41. The fraction of sp³-hybridized carbons (Fsp3) is 0.176. The number of amides is 2. The molecule has 1 atom stereocenters. The van der Waals surface area contributed by atoms with Crippen LogP contribution in [-0.4, -0.2) is 36.0 Å². The van der Waals surface area contributed by atoms with Crippen molar-refractivity contribution in [1.29, 1.82) is 0 Å². The summed E-state index contributed by atoms with van der Waals surface area (Å²) in [5.41, 5.74) is 0.857. The number of carbonyl (C=O) groups is 2. The lowest BCUT2D eigenvalue weighted by atomic mass is 10.1. The molecule has 6 heteroatoms. The first-order valence-corrected chi connectivity index (χ1v) is 7.55. The monoisotopic (exact) mass is 329 g/mol. The Morgan fingerprint density at radius 3 is 2.43 bits per heavy atom. The minimum atomic E-state index is -0.428. The highest BCUT2D eigenvalue weighted by Crippen LogP contribution is 2.34. The standard InChI is InChI=1S/C17H12ClNO4/c18-10-5-6-14-15(7-10)23-11(9-22-14)8-19-16(20)12-3-1-2-4-13(12)17(19)21/h1-7,11H,8-9H2. The van der Waals surface area contributed by atoms with Crippen molar-refractivity contribution in [3.63, 3.8) is 0 Å². The van der Waals surface area contributed by atoms with Gasteiger partial charge in [0.1, 0.15) is 6.61 Å². The largest absolute Gasteiger partial charge is 0.486 e. The molecule has 0 N–H and O–H groups in total. The van der Waals surface area contributed by atoms with E-state index in [0.717, 1.165) is 0 Å². The van der Waals surface area contributed by atoms with Crippen molar-refractivity contribution in [2.45, 2.75) is 6.10 Å². The minimum Gasteiger partial charge on any atom is -0.486 e. The smallest absolute Gasteiger partial charge is 0.261 e. The van der Waals surface area contributed by atoms with E-state index in [1.165, 1.54) is 4.90 Å². The van der Waals surface area contributed by atoms with Crippen LogP contribution >= 0.6 is 11.6 Å². The molecule has 0 saturated heterocycles. The highest BCUT2D eigenvalue weighted by atomic mass is 35.5. The van der Waals surface area contributed by atoms with Crippen molar-refractivity contribution in [3.8, 4) is 11.5 Å². The number of hydrogen-bond donors (Lipinski definition) is 0. The molecule has 2 aliphatic rings. The van der Waals surface area contributed by atoms with Gasteiger partial charge >= 0.3 is 0 Å². The molecular weight excluding hydrogens is 318 g/mol. The SMILES string of the molecule is O=C1c2ccccc2C(=O)N1CC1COc2ccc(Cl)cc2O1. The van der Waals surface area contributed by atoms with Gasteiger partial charge < -0.3 is 9.47 Å². The van der Waals surface area contributed by atoms with Crippen LogP contribution in [-0.2, 0) is 0 Å². The molecule has 2 aromatic carbocycles. The summed E-state index contributed by atoms with van der Waals surface area (Å²) in [5.74, 6) is 0.524. The number of fused-ring (bicyclic) bond motifs is 2. The first kappa shape index (κ1) is 14.1. The zero-order valence-corrected chi connectivity index (χ0v) is 12.7. The first-order chi connectivity index (χ1) is 11.1. The van der Waals surface area contributed by atoms with E-state index < -0.39 is 6.10 Å². The van der Waals surface area contributed by atoms with Crippen LogP contribution in [0.25, 0.3) is 0 Å². The zero-order chi connectivity index (χ0) is 16.0. The minimum absolute atomic E-state index is 0.137. The van der Waals surface area contributed by atoms with Gasteiger partial charge in [-0.25, -0.2) is 0 Å². The van der Waals surface area contributed by atoms with Crippen molar-refractivity contribution in [3.05, 3.63) is 58.6 Å². The van der Waals surface area contributed by atoms with Gasteiger partial charge in [-0.3, -0.25) is 14.5 Å². The van der Waals surface area contributed by atoms with Crippen LogP contribution in [0.5, 0.6) is 11.5 Å². The van der Waals surface area contributed by atoms with Gasteiger partial charge in [-0.1, -0.05) is 23.7 Å². The molecule has 0 bridgehead atoms. The quantitative estimate of drug-likeness (QED) is 0.795. The predicted octanol–water partition coefficient (Wildman–Crippen LogP) is 2.78. The van der Waals surface area contributed by atoms with Crippen molar-refractivity contribution < 1.29 is 19.1 Å². The van der Waals surface area contributed by atoms with Gasteiger partial charge in [0, 0.05) is 11.1 Å². The van der Waals surface area contributed by atoms with E-state index >= 15 is 0 Å². The molecule has 0 aliphatic carbocycles. The average molecular weight is 330 g/mol. The highest BCUT2D eigenvalue weighted by Gasteiger charge is 2.37. The van der Waals surface area contributed by atoms with Gasteiger partial charge in [-0.15, -0.1) is 0 Å². The van der Waals surface area contributed by atoms with Crippen LogP contribution < -0.4 is 9.47 Å². The van der Waals surface area contributed by atoms with Gasteiger partial charge in [0.05, 0.1) is 17.7 Å². The van der Waals surface area contributed by atoms with Gasteiger partial charge in [0.15, 0.2) is 17.6 Å². The van der Waals surface area contributed by atoms with E-state index in [-0.39, 0.29) is 25.0 Å². The third-order valence-electron chi connectivity index (χ3n) is 3.89. The lowest BCUT2D eigenvalue weighted by Gasteiger charge is -2.28. The van der Waals surface area contributed by atoms with E-state index in [4.69, 9.17) is 21.1 Å². The van der Waals surface area contributed by atoms with Crippen LogP contribution in [0.2, 0.25) is 5.02 Å². The summed E-state index contributed by atoms with van der Waals surface area (Å²) in [6.45, 7) is 0.403. The maximum absolute atomic E-state index is 12.4. The fourth-order valence-electron chi connectivity index (χ4n) is 2.79. The number of halogens is 1. The van der Waals surface area contributed by atoms with Gasteiger partial charge in [-0.2, -0.15) is 0 Å². The summed E-state index contributed by atoms with van der Waals surface area (Å²) < 4.78 is 11.4. The van der Waals surface area contributed by atoms with E-state index in [9.17, 15) is 9.59 Å². The van der Waals surface area contributed by atoms with Crippen molar-refractivity contribution in [2.75, 3.05) is 13.2 Å². The Balaban J connectivity index is 1.54. The van der Waals surface area contributed by atoms with E-state index in [1.807, 2.05) is 0 Å². The zero-order valence-electron chi connectivity index (χ0n) is 12.0. The second kappa shape index (κ2) is 5.28. The summed E-state index contributed by atoms with van der Waals surface area (Å²) in [6, 6.07) is 11.9. The summed E-state index contributed by atoms with van der Waals surface area (Å²) >= 11 is 5.95. The van der Waals surface area contributed by atoms with E-state index in [1.54, 1.807) is 42.5 Å². The van der Waals surface area contributed by atoms with Gasteiger partial charge in [-0.05, 0) is 24.3 Å². The first-order valence-electron chi connectivity index (χ1n) is 7.18. The normalized spacial score (nSPS) is 19.0. The number of hydrogen-bond acceptors (Lipinski definition) is 4. The van der Waals surface area contributed by atoms with Crippen LogP contribution in [0, 0.1) is 0 Å². The lowest BCUT2D eigenvalue weighted by molar-refractivity contribution is 0.0430. The Labute approximate surface area is 137 Å². The molecule has 0 aromatic heterocycles. The summed E-state index contributed by atoms with van der Waals surface area (Å²) in [6.07, 6.45) is -0.428. The Morgan fingerprint density at radius 1 is 1.04 bits per heavy atom. The molecule has 2 aromatic rings. The number of benzene rings is 2. The van der Waals surface area contributed by atoms with E-state index in [2.05, 4.69) is 0 Å². The molecule has 5 nitrogen and oxygen atoms in total. The molecule has 2 heterocycles. The topological polar surface area (TPSA) is 55.8 Å². The second-order valence-corrected chi connectivity index (χ2v) is 5.84. The molecule has 0 radical (unpaired) electrons. The van der Waals surface area contributed by atoms with Crippen LogP contribution in [0.15, 0.2) is 42.5 Å². The van der Waals surface area contributed by atoms with Crippen molar-refractivity contribution in [2.24, 2.45) is 0 Å². The lowest BCUT2D eigenvalue weighted by Crippen LogP contribution is -2.43. The number of ether oxygens (including phenoxy) is 2. The molecule has 2 amide bonds. The van der Waals surface area contributed by atoms with E-state index in [0.29, 0.717) is 27.6 Å². The number of rotatable bonds is 2. The summed E-state index contributed by atoms with van der Waals surface area (Å²) in [7, 11) is 0. The molecule has 1 unspecified atom stereocenters. The molecule has 23 heavy (non-hydrogen) atoms. The van der Waals surface area contributed by atoms with Gasteiger partial charge in [0.25, 0.3) is 11.8 Å². The van der Waals surface area contributed by atoms with Crippen molar-refractivity contribution >= 4 is 23.4 Å². The van der Waals surface area contributed by atoms with Gasteiger partial charge in [0.2, 0.25) is 0 Å². The Kier molecular flexibility index (Phi) is 3.23. The van der Waals surface area contributed by atoms with Crippen molar-refractivity contribution in [1.82, 2.24) is 4.90 Å².